The highest BCUT2D eigenvalue weighted by atomic mass is 32.1. The Balaban J connectivity index is 1.68. The Hall–Kier alpha value is -2.55. The summed E-state index contributed by atoms with van der Waals surface area (Å²) in [5.41, 5.74) is 1.89. The molecule has 8 nitrogen and oxygen atoms in total. The van der Waals surface area contributed by atoms with Gasteiger partial charge in [-0.2, -0.15) is 13.7 Å². The Morgan fingerprint density at radius 1 is 1.31 bits per heavy atom. The lowest BCUT2D eigenvalue weighted by Gasteiger charge is -2.28. The van der Waals surface area contributed by atoms with Crippen LogP contribution in [-0.4, -0.2) is 48.6 Å². The van der Waals surface area contributed by atoms with Crippen LogP contribution in [0, 0.1) is 0 Å². The van der Waals surface area contributed by atoms with Crippen molar-refractivity contribution in [3.05, 3.63) is 24.0 Å². The maximum Gasteiger partial charge on any atom is 0.410 e. The van der Waals surface area contributed by atoms with E-state index in [4.69, 9.17) is 9.26 Å². The second-order valence-corrected chi connectivity index (χ2v) is 7.66. The van der Waals surface area contributed by atoms with Crippen LogP contribution >= 0.6 is 11.7 Å². The molecular formula is C17H21N5O3S. The van der Waals surface area contributed by atoms with Crippen LogP contribution < -0.4 is 0 Å². The highest BCUT2D eigenvalue weighted by molar-refractivity contribution is 7.00. The van der Waals surface area contributed by atoms with Gasteiger partial charge in [0.05, 0.1) is 11.7 Å². The summed E-state index contributed by atoms with van der Waals surface area (Å²) in [6.07, 6.45) is 0.0786. The molecule has 0 saturated carbocycles. The molecule has 0 bridgehead atoms. The van der Waals surface area contributed by atoms with Crippen molar-refractivity contribution in [1.29, 1.82) is 0 Å². The Morgan fingerprint density at radius 3 is 2.77 bits per heavy atom. The number of likely N-dealkylation sites (N-methyl/N-ethyl adjacent to an activating group) is 1. The van der Waals surface area contributed by atoms with E-state index in [9.17, 15) is 4.79 Å². The first-order chi connectivity index (χ1) is 12.2. The molecule has 1 amide bonds. The van der Waals surface area contributed by atoms with E-state index in [-0.39, 0.29) is 12.1 Å². The molecule has 0 radical (unpaired) electrons. The minimum Gasteiger partial charge on any atom is -0.444 e. The minimum absolute atomic E-state index is 0.138. The van der Waals surface area contributed by atoms with Gasteiger partial charge in [-0.3, -0.25) is 0 Å². The van der Waals surface area contributed by atoms with E-state index < -0.39 is 5.60 Å². The SMILES string of the molecule is C[C@@H](Cc1noc(-c2ccc3nsnc3c2)n1)N(C)C(=O)OC(C)(C)C. The van der Waals surface area contributed by atoms with Gasteiger partial charge >= 0.3 is 6.09 Å². The lowest BCUT2D eigenvalue weighted by Crippen LogP contribution is -2.40. The van der Waals surface area contributed by atoms with E-state index in [1.165, 1.54) is 4.90 Å². The van der Waals surface area contributed by atoms with Crippen molar-refractivity contribution in [3.63, 3.8) is 0 Å². The van der Waals surface area contributed by atoms with Crippen LogP contribution in [0.2, 0.25) is 0 Å². The molecule has 0 N–H and O–H groups in total. The largest absolute Gasteiger partial charge is 0.444 e. The molecular weight excluding hydrogens is 354 g/mol. The van der Waals surface area contributed by atoms with Crippen LogP contribution in [0.4, 0.5) is 4.79 Å². The van der Waals surface area contributed by atoms with E-state index in [2.05, 4.69) is 18.9 Å². The predicted octanol–water partition coefficient (Wildman–Crippen LogP) is 3.54. The first-order valence-corrected chi connectivity index (χ1v) is 8.97. The predicted molar refractivity (Wildman–Crippen MR) is 97.9 cm³/mol. The maximum atomic E-state index is 12.1. The van der Waals surface area contributed by atoms with Gasteiger partial charge in [0, 0.05) is 25.1 Å². The summed E-state index contributed by atoms with van der Waals surface area (Å²) in [6, 6.07) is 5.47. The highest BCUT2D eigenvalue weighted by Crippen LogP contribution is 2.22. The summed E-state index contributed by atoms with van der Waals surface area (Å²) in [5.74, 6) is 0.946. The molecule has 0 spiro atoms. The number of benzene rings is 1. The Bertz CT molecular complexity index is 914. The van der Waals surface area contributed by atoms with Gasteiger partial charge in [0.2, 0.25) is 0 Å². The molecule has 26 heavy (non-hydrogen) atoms. The standard InChI is InChI=1S/C17H21N5O3S/c1-10(22(5)16(23)24-17(2,3)4)8-14-18-15(25-19-14)11-6-7-12-13(9-11)21-26-20-12/h6-7,9-10H,8H2,1-5H3/t10-/m0/s1. The Kier molecular flexibility index (Phi) is 4.90. The fourth-order valence-electron chi connectivity index (χ4n) is 2.28. The molecule has 0 fully saturated rings. The molecule has 0 aliphatic heterocycles. The monoisotopic (exact) mass is 375 g/mol. The number of amides is 1. The number of hydrogen-bond acceptors (Lipinski definition) is 8. The zero-order chi connectivity index (χ0) is 18.9. The normalized spacial score (nSPS) is 13.0. The van der Waals surface area contributed by atoms with Gasteiger partial charge in [-0.05, 0) is 45.9 Å². The number of aromatic nitrogens is 4. The van der Waals surface area contributed by atoms with Crippen molar-refractivity contribution >= 4 is 28.9 Å². The van der Waals surface area contributed by atoms with E-state index >= 15 is 0 Å². The molecule has 2 heterocycles. The topological polar surface area (TPSA) is 94.2 Å². The van der Waals surface area contributed by atoms with Crippen LogP contribution in [0.3, 0.4) is 0 Å². The molecule has 9 heteroatoms. The summed E-state index contributed by atoms with van der Waals surface area (Å²) < 4.78 is 19.1. The third-order valence-corrected chi connectivity index (χ3v) is 4.35. The number of nitrogens with zero attached hydrogens (tertiary/aromatic N) is 5. The first-order valence-electron chi connectivity index (χ1n) is 8.24. The zero-order valence-corrected chi connectivity index (χ0v) is 16.2. The lowest BCUT2D eigenvalue weighted by atomic mass is 10.2. The highest BCUT2D eigenvalue weighted by Gasteiger charge is 2.24. The van der Waals surface area contributed by atoms with Crippen molar-refractivity contribution in [2.75, 3.05) is 7.05 Å². The summed E-state index contributed by atoms with van der Waals surface area (Å²) in [5, 5.41) is 4.02. The third kappa shape index (κ3) is 4.16. The molecule has 3 aromatic rings. The van der Waals surface area contributed by atoms with Crippen molar-refractivity contribution in [1.82, 2.24) is 23.8 Å². The summed E-state index contributed by atoms with van der Waals surface area (Å²) in [7, 11) is 1.70. The van der Waals surface area contributed by atoms with E-state index in [0.717, 1.165) is 28.3 Å². The smallest absolute Gasteiger partial charge is 0.410 e. The molecule has 138 valence electrons. The Morgan fingerprint density at radius 2 is 2.04 bits per heavy atom. The van der Waals surface area contributed by atoms with Crippen LogP contribution in [0.1, 0.15) is 33.5 Å². The van der Waals surface area contributed by atoms with Gasteiger partial charge < -0.3 is 14.2 Å². The number of rotatable bonds is 4. The average Bonchev–Trinajstić information content (AvgIpc) is 3.20. The van der Waals surface area contributed by atoms with Gasteiger partial charge in [0.15, 0.2) is 5.82 Å². The van der Waals surface area contributed by atoms with Crippen molar-refractivity contribution < 1.29 is 14.1 Å². The quantitative estimate of drug-likeness (QED) is 0.688. The van der Waals surface area contributed by atoms with Crippen LogP contribution in [0.5, 0.6) is 0 Å². The molecule has 0 aliphatic rings. The zero-order valence-electron chi connectivity index (χ0n) is 15.4. The number of carbonyl (C=O) groups is 1. The molecule has 0 saturated heterocycles. The van der Waals surface area contributed by atoms with Gasteiger partial charge in [0.1, 0.15) is 16.6 Å². The molecule has 2 aromatic heterocycles. The van der Waals surface area contributed by atoms with E-state index in [0.29, 0.717) is 18.1 Å². The van der Waals surface area contributed by atoms with Crippen molar-refractivity contribution in [3.8, 4) is 11.5 Å². The fourth-order valence-corrected chi connectivity index (χ4v) is 2.80. The van der Waals surface area contributed by atoms with Gasteiger partial charge in [-0.15, -0.1) is 0 Å². The maximum absolute atomic E-state index is 12.1. The van der Waals surface area contributed by atoms with Gasteiger partial charge in [-0.25, -0.2) is 4.79 Å². The Labute approximate surface area is 155 Å². The first kappa shape index (κ1) is 18.2. The average molecular weight is 375 g/mol. The van der Waals surface area contributed by atoms with Crippen molar-refractivity contribution in [2.45, 2.75) is 45.8 Å². The molecule has 3 rings (SSSR count). The number of fused-ring (bicyclic) bond motifs is 1. The minimum atomic E-state index is -0.534. The molecule has 0 aliphatic carbocycles. The number of ether oxygens (including phenoxy) is 1. The van der Waals surface area contributed by atoms with Crippen molar-refractivity contribution in [2.24, 2.45) is 0 Å². The second kappa shape index (κ2) is 6.99. The van der Waals surface area contributed by atoms with Gasteiger partial charge in [-0.1, -0.05) is 5.16 Å². The number of hydrogen-bond donors (Lipinski definition) is 0. The van der Waals surface area contributed by atoms with E-state index in [1.807, 2.05) is 45.9 Å². The van der Waals surface area contributed by atoms with Crippen LogP contribution in [0.25, 0.3) is 22.5 Å². The molecule has 1 aromatic carbocycles. The number of carbonyl (C=O) groups excluding carboxylic acids is 1. The molecule has 1 atom stereocenters. The fraction of sp³-hybridized carbons (Fsp3) is 0.471. The summed E-state index contributed by atoms with van der Waals surface area (Å²) >= 11 is 1.16. The lowest BCUT2D eigenvalue weighted by molar-refractivity contribution is 0.0234. The van der Waals surface area contributed by atoms with E-state index in [1.54, 1.807) is 7.05 Å². The molecule has 0 unspecified atom stereocenters. The van der Waals surface area contributed by atoms with Gasteiger partial charge in [0.25, 0.3) is 5.89 Å². The summed E-state index contributed by atoms with van der Waals surface area (Å²) in [4.78, 5) is 18.1. The summed E-state index contributed by atoms with van der Waals surface area (Å²) in [6.45, 7) is 7.42. The second-order valence-electron chi connectivity index (χ2n) is 7.13. The van der Waals surface area contributed by atoms with Crippen LogP contribution in [-0.2, 0) is 11.2 Å². The van der Waals surface area contributed by atoms with Crippen LogP contribution in [0.15, 0.2) is 22.7 Å². The third-order valence-electron chi connectivity index (χ3n) is 3.79.